The van der Waals surface area contributed by atoms with Gasteiger partial charge < -0.3 is 20.9 Å². The Morgan fingerprint density at radius 3 is 2.31 bits per heavy atom. The van der Waals surface area contributed by atoms with Crippen LogP contribution in [0.25, 0.3) is 0 Å². The van der Waals surface area contributed by atoms with E-state index in [0.29, 0.717) is 23.4 Å². The molecule has 0 saturated heterocycles. The number of aliphatic carboxylic acids is 1. The molecule has 1 atom stereocenters. The summed E-state index contributed by atoms with van der Waals surface area (Å²) >= 11 is 0. The normalized spacial score (nSPS) is 12.5. The zero-order valence-corrected chi connectivity index (χ0v) is 18.9. The highest BCUT2D eigenvalue weighted by molar-refractivity contribution is 7.89. The quantitative estimate of drug-likeness (QED) is 0.162. The molecule has 14 heteroatoms. The molecule has 0 spiro atoms. The molecule has 2 rings (SSSR count). The first-order valence-corrected chi connectivity index (χ1v) is 11.5. The molecule has 0 aliphatic heterocycles. The van der Waals surface area contributed by atoms with Gasteiger partial charge in [0, 0.05) is 18.5 Å². The van der Waals surface area contributed by atoms with E-state index >= 15 is 0 Å². The number of hydrogen-bond acceptors (Lipinski definition) is 6. The van der Waals surface area contributed by atoms with E-state index in [-0.39, 0.29) is 25.3 Å². The van der Waals surface area contributed by atoms with E-state index in [1.165, 1.54) is 0 Å². The number of hydrogen-bond donors (Lipinski definition) is 5. The lowest BCUT2D eigenvalue weighted by Crippen LogP contribution is -2.48. The third-order valence-electron chi connectivity index (χ3n) is 4.56. The van der Waals surface area contributed by atoms with Gasteiger partial charge in [-0.05, 0) is 42.8 Å². The Labute approximate surface area is 198 Å². The monoisotopic (exact) mass is 516 g/mol. The van der Waals surface area contributed by atoms with Gasteiger partial charge in [-0.15, -0.1) is 0 Å². The number of carbonyl (C=O) groups excluding carboxylic acids is 1. The summed E-state index contributed by atoms with van der Waals surface area (Å²) in [6.45, 7) is -0.551. The minimum absolute atomic E-state index is 0.0818. The number of nitrogen functional groups attached to an aromatic ring is 1. The Bertz CT molecular complexity index is 1170. The highest BCUT2D eigenvalue weighted by Gasteiger charge is 2.38. The number of rotatable bonds is 12. The van der Waals surface area contributed by atoms with E-state index in [4.69, 9.17) is 15.9 Å². The lowest BCUT2D eigenvalue weighted by Gasteiger charge is -2.18. The van der Waals surface area contributed by atoms with Crippen LogP contribution in [0.15, 0.2) is 53.4 Å². The Balaban J connectivity index is 1.88. The molecule has 0 bridgehead atoms. The fraction of sp³-hybridized carbons (Fsp3) is 0.286. The molecule has 0 aliphatic rings. The summed E-state index contributed by atoms with van der Waals surface area (Å²) in [6, 6.07) is 7.80. The van der Waals surface area contributed by atoms with Crippen molar-refractivity contribution in [1.82, 2.24) is 10.0 Å². The van der Waals surface area contributed by atoms with Crippen molar-refractivity contribution < 1.29 is 41.0 Å². The number of carbonyl (C=O) groups is 2. The van der Waals surface area contributed by atoms with Gasteiger partial charge in [0.25, 0.3) is 0 Å². The van der Waals surface area contributed by atoms with Crippen molar-refractivity contribution in [3.8, 4) is 5.75 Å². The van der Waals surface area contributed by atoms with Crippen molar-refractivity contribution >= 4 is 27.7 Å². The molecule has 35 heavy (non-hydrogen) atoms. The maximum absolute atomic E-state index is 13.1. The van der Waals surface area contributed by atoms with Crippen LogP contribution in [-0.2, 0) is 25.8 Å². The second kappa shape index (κ2) is 11.7. The number of sulfonamides is 1. The van der Waals surface area contributed by atoms with Gasteiger partial charge in [-0.2, -0.15) is 17.9 Å². The van der Waals surface area contributed by atoms with Crippen LogP contribution in [0, 0.1) is 5.41 Å². The number of nitrogens with one attached hydrogen (secondary N) is 3. The molecule has 0 heterocycles. The van der Waals surface area contributed by atoms with Crippen LogP contribution >= 0.6 is 0 Å². The average Bonchev–Trinajstić information content (AvgIpc) is 2.79. The van der Waals surface area contributed by atoms with Crippen LogP contribution in [-0.4, -0.2) is 50.4 Å². The molecule has 0 aromatic heterocycles. The van der Waals surface area contributed by atoms with Crippen LogP contribution in [0.5, 0.6) is 5.75 Å². The molecule has 2 aromatic rings. The number of amides is 1. The number of carboxylic acid groups (broad SMARTS) is 1. The third kappa shape index (κ3) is 8.26. The average molecular weight is 516 g/mol. The molecule has 0 saturated carbocycles. The predicted octanol–water partition coefficient (Wildman–Crippen LogP) is 1.70. The third-order valence-corrected chi connectivity index (χ3v) is 6.09. The lowest BCUT2D eigenvalue weighted by atomic mass is 10.2. The number of halogens is 3. The molecular weight excluding hydrogens is 493 g/mol. The predicted molar refractivity (Wildman–Crippen MR) is 118 cm³/mol. The Kier molecular flexibility index (Phi) is 9.19. The summed E-state index contributed by atoms with van der Waals surface area (Å²) in [4.78, 5) is 22.3. The fourth-order valence-corrected chi connectivity index (χ4v) is 4.24. The second-order valence-electron chi connectivity index (χ2n) is 7.20. The van der Waals surface area contributed by atoms with Crippen molar-refractivity contribution in [3.05, 3.63) is 59.7 Å². The number of benzene rings is 2. The van der Waals surface area contributed by atoms with Gasteiger partial charge in [0.15, 0.2) is 0 Å². The summed E-state index contributed by atoms with van der Waals surface area (Å²) in [5, 5.41) is 18.8. The van der Waals surface area contributed by atoms with E-state index < -0.39 is 51.1 Å². The van der Waals surface area contributed by atoms with E-state index in [0.717, 1.165) is 12.1 Å². The van der Waals surface area contributed by atoms with Gasteiger partial charge in [0.1, 0.15) is 17.6 Å². The van der Waals surface area contributed by atoms with Crippen molar-refractivity contribution in [2.45, 2.75) is 30.0 Å². The van der Waals surface area contributed by atoms with Crippen LogP contribution in [0.2, 0.25) is 0 Å². The van der Waals surface area contributed by atoms with E-state index in [2.05, 4.69) is 5.32 Å². The zero-order chi connectivity index (χ0) is 26.2. The maximum atomic E-state index is 13.1. The molecular formula is C21H23F3N4O6S. The number of nitrogens with two attached hydrogens (primary N) is 1. The molecule has 0 radical (unpaired) electrons. The summed E-state index contributed by atoms with van der Waals surface area (Å²) in [6.07, 6.45) is -4.82. The summed E-state index contributed by atoms with van der Waals surface area (Å²) in [5.74, 6) is -1.91. The van der Waals surface area contributed by atoms with Crippen LogP contribution in [0.3, 0.4) is 0 Å². The highest BCUT2D eigenvalue weighted by atomic mass is 32.2. The smallest absolute Gasteiger partial charge is 0.417 e. The van der Waals surface area contributed by atoms with Crippen LogP contribution in [0.4, 0.5) is 13.2 Å². The Hall–Kier alpha value is -3.65. The lowest BCUT2D eigenvalue weighted by molar-refractivity contribution is -0.140. The van der Waals surface area contributed by atoms with Gasteiger partial charge in [-0.3, -0.25) is 15.0 Å². The number of amidine groups is 1. The van der Waals surface area contributed by atoms with Gasteiger partial charge in [-0.25, -0.2) is 8.42 Å². The highest BCUT2D eigenvalue weighted by Crippen LogP contribution is 2.33. The van der Waals surface area contributed by atoms with Crippen LogP contribution < -0.4 is 20.5 Å². The molecule has 0 fully saturated rings. The van der Waals surface area contributed by atoms with Crippen molar-refractivity contribution in [2.24, 2.45) is 5.73 Å². The molecule has 10 nitrogen and oxygen atoms in total. The SMILES string of the molecule is N=C(N)c1ccc(OCCCC(=O)NC[C@H](NS(=O)(=O)c2ccccc2C(F)(F)F)C(=O)O)cc1. The molecule has 2 aromatic carbocycles. The van der Waals surface area contributed by atoms with Crippen LogP contribution in [0.1, 0.15) is 24.0 Å². The first-order chi connectivity index (χ1) is 16.3. The van der Waals surface area contributed by atoms with Gasteiger partial charge in [-0.1, -0.05) is 12.1 Å². The molecule has 0 aliphatic carbocycles. The molecule has 6 N–H and O–H groups in total. The van der Waals surface area contributed by atoms with Crippen molar-refractivity contribution in [2.75, 3.05) is 13.2 Å². The first kappa shape index (κ1) is 27.6. The minimum atomic E-state index is -4.98. The summed E-state index contributed by atoms with van der Waals surface area (Å²) in [5.41, 5.74) is 4.42. The fourth-order valence-electron chi connectivity index (χ4n) is 2.82. The van der Waals surface area contributed by atoms with E-state index in [1.807, 2.05) is 0 Å². The number of carboxylic acids is 1. The van der Waals surface area contributed by atoms with E-state index in [9.17, 15) is 36.3 Å². The summed E-state index contributed by atoms with van der Waals surface area (Å²) in [7, 11) is -4.87. The van der Waals surface area contributed by atoms with E-state index in [1.54, 1.807) is 29.0 Å². The Morgan fingerprint density at radius 1 is 1.11 bits per heavy atom. The van der Waals surface area contributed by atoms with Crippen molar-refractivity contribution in [3.63, 3.8) is 0 Å². The number of alkyl halides is 3. The standard InChI is InChI=1S/C21H23F3N4O6S/c22-21(23,24)15-4-1-2-5-17(15)35(32,33)28-16(20(30)31)12-27-18(29)6-3-11-34-14-9-7-13(8-10-14)19(25)26/h1-2,4-5,7-10,16,28H,3,6,11-12H2,(H3,25,26)(H,27,29)(H,30,31)/t16-/m0/s1. The first-order valence-electron chi connectivity index (χ1n) is 10.1. The van der Waals surface area contributed by atoms with Crippen molar-refractivity contribution in [1.29, 1.82) is 5.41 Å². The minimum Gasteiger partial charge on any atom is -0.494 e. The van der Waals surface area contributed by atoms with Gasteiger partial charge in [0.2, 0.25) is 15.9 Å². The van der Waals surface area contributed by atoms with Gasteiger partial charge >= 0.3 is 12.1 Å². The molecule has 190 valence electrons. The van der Waals surface area contributed by atoms with Gasteiger partial charge in [0.05, 0.1) is 17.1 Å². The summed E-state index contributed by atoms with van der Waals surface area (Å²) < 4.78 is 71.4. The molecule has 1 amide bonds. The molecule has 0 unspecified atom stereocenters. The number of ether oxygens (including phenoxy) is 1. The second-order valence-corrected chi connectivity index (χ2v) is 8.88. The Morgan fingerprint density at radius 2 is 1.74 bits per heavy atom. The maximum Gasteiger partial charge on any atom is 0.417 e. The zero-order valence-electron chi connectivity index (χ0n) is 18.1. The largest absolute Gasteiger partial charge is 0.494 e. The topological polar surface area (TPSA) is 172 Å².